The Bertz CT molecular complexity index is 870. The Morgan fingerprint density at radius 1 is 0.731 bits per heavy atom. The summed E-state index contributed by atoms with van der Waals surface area (Å²) in [4.78, 5) is 4.06. The van der Waals surface area contributed by atoms with Gasteiger partial charge in [0.25, 0.3) is 0 Å². The third kappa shape index (κ3) is 4.33. The summed E-state index contributed by atoms with van der Waals surface area (Å²) in [5, 5.41) is 9.10. The van der Waals surface area contributed by atoms with Gasteiger partial charge in [0.15, 0.2) is 0 Å². The highest BCUT2D eigenvalue weighted by molar-refractivity contribution is 6.01. The van der Waals surface area contributed by atoms with E-state index in [2.05, 4.69) is 4.99 Å². The fourth-order valence-corrected chi connectivity index (χ4v) is 2.80. The van der Waals surface area contributed by atoms with E-state index in [4.69, 9.17) is 5.11 Å². The number of hydrogen-bond donors (Lipinski definition) is 1. The van der Waals surface area contributed by atoms with Crippen molar-refractivity contribution in [2.45, 2.75) is 12.8 Å². The number of benzene rings is 3. The van der Waals surface area contributed by atoms with Crippen LogP contribution in [0, 0.1) is 11.6 Å². The van der Waals surface area contributed by atoms with Crippen molar-refractivity contribution in [2.24, 2.45) is 4.99 Å². The molecule has 0 saturated carbocycles. The topological polar surface area (TPSA) is 32.6 Å². The lowest BCUT2D eigenvalue weighted by Gasteiger charge is -2.03. The number of halogens is 2. The lowest BCUT2D eigenvalue weighted by Crippen LogP contribution is -2.03. The number of aromatic hydroxyl groups is 1. The summed E-state index contributed by atoms with van der Waals surface area (Å²) in [5.74, 6) is -0.721. The number of phenols is 1. The maximum Gasteiger partial charge on any atom is 0.135 e. The third-order valence-electron chi connectivity index (χ3n) is 4.10. The molecule has 1 aliphatic heterocycles. The van der Waals surface area contributed by atoms with Gasteiger partial charge in [-0.15, -0.1) is 0 Å². The standard InChI is InChI=1S/C12H10O.C10H9F2N/c13-12-8-6-11(7-9-12)10-4-2-1-3-5-10;11-7-3-1-4-8(12)10(7)9-5-2-6-13-9/h1-9,13H;1,3-4H,2,5-6H2. The highest BCUT2D eigenvalue weighted by Crippen LogP contribution is 2.21. The minimum atomic E-state index is -0.513. The number of aliphatic imine (C=N–C) groups is 1. The number of rotatable bonds is 2. The molecule has 1 aliphatic rings. The SMILES string of the molecule is Fc1cccc(F)c1C1=NCCC1.Oc1ccc(-c2ccccc2)cc1. The molecule has 0 radical (unpaired) electrons. The van der Waals surface area contributed by atoms with Crippen LogP contribution in [0.2, 0.25) is 0 Å². The average molecular weight is 351 g/mol. The second-order valence-electron chi connectivity index (χ2n) is 5.94. The molecule has 0 saturated heterocycles. The van der Waals surface area contributed by atoms with Gasteiger partial charge in [-0.05, 0) is 48.2 Å². The second kappa shape index (κ2) is 8.39. The van der Waals surface area contributed by atoms with Crippen LogP contribution in [0.25, 0.3) is 11.1 Å². The molecule has 1 N–H and O–H groups in total. The Balaban J connectivity index is 0.000000151. The van der Waals surface area contributed by atoms with Gasteiger partial charge in [-0.2, -0.15) is 0 Å². The van der Waals surface area contributed by atoms with Crippen LogP contribution in [0.15, 0.2) is 77.8 Å². The summed E-state index contributed by atoms with van der Waals surface area (Å²) < 4.78 is 26.4. The van der Waals surface area contributed by atoms with E-state index in [0.29, 0.717) is 24.4 Å². The van der Waals surface area contributed by atoms with Crippen molar-refractivity contribution in [3.8, 4) is 16.9 Å². The highest BCUT2D eigenvalue weighted by Gasteiger charge is 2.17. The molecule has 132 valence electrons. The molecular formula is C22H19F2NO. The number of hydrogen-bond acceptors (Lipinski definition) is 2. The third-order valence-corrected chi connectivity index (χ3v) is 4.10. The van der Waals surface area contributed by atoms with Crippen LogP contribution in [0.5, 0.6) is 5.75 Å². The molecule has 4 heteroatoms. The zero-order valence-electron chi connectivity index (χ0n) is 14.2. The first-order valence-corrected chi connectivity index (χ1v) is 8.47. The van der Waals surface area contributed by atoms with Crippen LogP contribution < -0.4 is 0 Å². The van der Waals surface area contributed by atoms with Crippen LogP contribution >= 0.6 is 0 Å². The van der Waals surface area contributed by atoms with E-state index < -0.39 is 11.6 Å². The summed E-state index contributed by atoms with van der Waals surface area (Å²) in [6.45, 7) is 0.684. The first-order valence-electron chi connectivity index (χ1n) is 8.47. The fraction of sp³-hybridized carbons (Fsp3) is 0.136. The number of phenolic OH excluding ortho intramolecular Hbond substituents is 1. The van der Waals surface area contributed by atoms with Crippen molar-refractivity contribution < 1.29 is 13.9 Å². The van der Waals surface area contributed by atoms with E-state index in [0.717, 1.165) is 12.0 Å². The van der Waals surface area contributed by atoms with Crippen LogP contribution in [-0.4, -0.2) is 17.4 Å². The lowest BCUT2D eigenvalue weighted by molar-refractivity contribution is 0.475. The van der Waals surface area contributed by atoms with Gasteiger partial charge in [-0.1, -0.05) is 48.5 Å². The molecule has 26 heavy (non-hydrogen) atoms. The smallest absolute Gasteiger partial charge is 0.135 e. The molecule has 0 unspecified atom stereocenters. The van der Waals surface area contributed by atoms with Gasteiger partial charge < -0.3 is 5.11 Å². The zero-order valence-corrected chi connectivity index (χ0v) is 14.2. The van der Waals surface area contributed by atoms with Gasteiger partial charge in [-0.25, -0.2) is 8.78 Å². The van der Waals surface area contributed by atoms with Gasteiger partial charge >= 0.3 is 0 Å². The number of nitrogens with zero attached hydrogens (tertiary/aromatic N) is 1. The van der Waals surface area contributed by atoms with Crippen LogP contribution in [0.4, 0.5) is 8.78 Å². The quantitative estimate of drug-likeness (QED) is 0.640. The highest BCUT2D eigenvalue weighted by atomic mass is 19.1. The zero-order chi connectivity index (χ0) is 18.4. The van der Waals surface area contributed by atoms with Crippen molar-refractivity contribution in [2.75, 3.05) is 6.54 Å². The summed E-state index contributed by atoms with van der Waals surface area (Å²) in [5.41, 5.74) is 2.91. The Morgan fingerprint density at radius 2 is 1.35 bits per heavy atom. The fourth-order valence-electron chi connectivity index (χ4n) is 2.80. The molecule has 3 aromatic carbocycles. The largest absolute Gasteiger partial charge is 0.508 e. The Hall–Kier alpha value is -3.01. The van der Waals surface area contributed by atoms with E-state index >= 15 is 0 Å². The summed E-state index contributed by atoms with van der Waals surface area (Å²) in [7, 11) is 0. The molecular weight excluding hydrogens is 332 g/mol. The molecule has 1 heterocycles. The molecule has 4 rings (SSSR count). The minimum Gasteiger partial charge on any atom is -0.508 e. The average Bonchev–Trinajstić information content (AvgIpc) is 3.18. The molecule has 3 aromatic rings. The van der Waals surface area contributed by atoms with Crippen LogP contribution in [0.1, 0.15) is 18.4 Å². The minimum absolute atomic E-state index is 0.0556. The van der Waals surface area contributed by atoms with Crippen molar-refractivity contribution in [3.05, 3.63) is 90.0 Å². The Labute approximate surface area is 151 Å². The molecule has 0 fully saturated rings. The van der Waals surface area contributed by atoms with Crippen LogP contribution in [-0.2, 0) is 0 Å². The monoisotopic (exact) mass is 351 g/mol. The van der Waals surface area contributed by atoms with Gasteiger partial charge in [0, 0.05) is 12.3 Å². The molecule has 0 amide bonds. The summed E-state index contributed by atoms with van der Waals surface area (Å²) >= 11 is 0. The van der Waals surface area contributed by atoms with Crippen molar-refractivity contribution in [1.29, 1.82) is 0 Å². The van der Waals surface area contributed by atoms with Gasteiger partial charge in [0.1, 0.15) is 17.4 Å². The normalized spacial score (nSPS) is 12.9. The maximum atomic E-state index is 13.2. The molecule has 0 atom stereocenters. The lowest BCUT2D eigenvalue weighted by atomic mass is 10.1. The first kappa shape index (κ1) is 17.8. The first-order chi connectivity index (χ1) is 12.6. The molecule has 0 spiro atoms. The molecule has 2 nitrogen and oxygen atoms in total. The van der Waals surface area contributed by atoms with Gasteiger partial charge in [0.05, 0.1) is 5.56 Å². The van der Waals surface area contributed by atoms with E-state index in [-0.39, 0.29) is 5.56 Å². The van der Waals surface area contributed by atoms with Gasteiger partial charge in [-0.3, -0.25) is 4.99 Å². The molecule has 0 aliphatic carbocycles. The van der Waals surface area contributed by atoms with E-state index in [1.165, 1.54) is 23.8 Å². The van der Waals surface area contributed by atoms with Crippen molar-refractivity contribution in [1.82, 2.24) is 0 Å². The van der Waals surface area contributed by atoms with E-state index in [9.17, 15) is 8.78 Å². The predicted octanol–water partition coefficient (Wildman–Crippen LogP) is 5.61. The Morgan fingerprint density at radius 3 is 1.92 bits per heavy atom. The Kier molecular flexibility index (Phi) is 5.74. The van der Waals surface area contributed by atoms with Crippen molar-refractivity contribution >= 4 is 5.71 Å². The van der Waals surface area contributed by atoms with E-state index in [1.54, 1.807) is 12.1 Å². The van der Waals surface area contributed by atoms with Crippen LogP contribution in [0.3, 0.4) is 0 Å². The summed E-state index contributed by atoms with van der Waals surface area (Å²) in [6.07, 6.45) is 1.57. The predicted molar refractivity (Wildman–Crippen MR) is 101 cm³/mol. The molecule has 0 aromatic heterocycles. The van der Waals surface area contributed by atoms with Crippen molar-refractivity contribution in [3.63, 3.8) is 0 Å². The second-order valence-corrected chi connectivity index (χ2v) is 5.94. The molecule has 0 bridgehead atoms. The summed E-state index contributed by atoms with van der Waals surface area (Å²) in [6, 6.07) is 21.2. The van der Waals surface area contributed by atoms with E-state index in [1.807, 2.05) is 42.5 Å². The maximum absolute atomic E-state index is 13.2. The van der Waals surface area contributed by atoms with Gasteiger partial charge in [0.2, 0.25) is 0 Å².